The average Bonchev–Trinajstić information content (AvgIpc) is 3.29. The van der Waals surface area contributed by atoms with Crippen LogP contribution in [-0.4, -0.2) is 81.6 Å². The van der Waals surface area contributed by atoms with Crippen molar-refractivity contribution in [3.05, 3.63) is 59.5 Å². The molecule has 2 aliphatic heterocycles. The van der Waals surface area contributed by atoms with E-state index in [0.29, 0.717) is 18.1 Å². The summed E-state index contributed by atoms with van der Waals surface area (Å²) in [7, 11) is 4.46. The van der Waals surface area contributed by atoms with Crippen LogP contribution in [0.3, 0.4) is 0 Å². The van der Waals surface area contributed by atoms with Gasteiger partial charge in [-0.2, -0.15) is 0 Å². The number of rotatable bonds is 9. The van der Waals surface area contributed by atoms with Crippen LogP contribution in [0.1, 0.15) is 76.4 Å². The highest BCUT2D eigenvalue weighted by atomic mass is 15.3. The molecule has 5 rings (SSSR count). The third kappa shape index (κ3) is 5.78. The smallest absolute Gasteiger partial charge is 0.160 e. The van der Waals surface area contributed by atoms with Crippen molar-refractivity contribution in [2.24, 2.45) is 0 Å². The summed E-state index contributed by atoms with van der Waals surface area (Å²) in [6, 6.07) is 14.7. The third-order valence-corrected chi connectivity index (χ3v) is 9.13. The molecule has 0 bridgehead atoms. The van der Waals surface area contributed by atoms with Crippen LogP contribution in [0.15, 0.2) is 42.6 Å². The molecule has 1 aromatic carbocycles. The van der Waals surface area contributed by atoms with E-state index in [-0.39, 0.29) is 5.54 Å². The molecule has 7 nitrogen and oxygen atoms in total. The van der Waals surface area contributed by atoms with Gasteiger partial charge in [0.2, 0.25) is 0 Å². The molecule has 2 saturated heterocycles. The first-order chi connectivity index (χ1) is 18.8. The van der Waals surface area contributed by atoms with E-state index in [9.17, 15) is 0 Å². The number of piperazine rings is 1. The van der Waals surface area contributed by atoms with Crippen molar-refractivity contribution in [1.82, 2.24) is 34.6 Å². The molecular formula is C32H49N7. The van der Waals surface area contributed by atoms with Crippen LogP contribution in [0, 0.1) is 0 Å². The van der Waals surface area contributed by atoms with Gasteiger partial charge in [0.25, 0.3) is 0 Å². The zero-order chi connectivity index (χ0) is 27.6. The monoisotopic (exact) mass is 531 g/mol. The number of likely N-dealkylation sites (tertiary alicyclic amines) is 1. The third-order valence-electron chi connectivity index (χ3n) is 9.13. The van der Waals surface area contributed by atoms with Gasteiger partial charge >= 0.3 is 0 Å². The number of nitrogens with one attached hydrogen (secondary N) is 1. The zero-order valence-corrected chi connectivity index (χ0v) is 25.0. The van der Waals surface area contributed by atoms with Crippen molar-refractivity contribution in [3.8, 4) is 0 Å². The quantitative estimate of drug-likeness (QED) is 0.418. The van der Waals surface area contributed by atoms with E-state index in [1.165, 1.54) is 17.0 Å². The average molecular weight is 532 g/mol. The maximum atomic E-state index is 5.28. The molecule has 4 heterocycles. The van der Waals surface area contributed by atoms with E-state index in [1.807, 2.05) is 0 Å². The van der Waals surface area contributed by atoms with Crippen LogP contribution in [0.5, 0.6) is 0 Å². The number of aromatic nitrogens is 3. The highest BCUT2D eigenvalue weighted by molar-refractivity contribution is 5.72. The Morgan fingerprint density at radius 1 is 1.05 bits per heavy atom. The van der Waals surface area contributed by atoms with Crippen molar-refractivity contribution >= 4 is 11.2 Å². The van der Waals surface area contributed by atoms with Crippen LogP contribution < -0.4 is 5.32 Å². The Bertz CT molecular complexity index is 1200. The van der Waals surface area contributed by atoms with Gasteiger partial charge in [-0.05, 0) is 71.3 Å². The largest absolute Gasteiger partial charge is 0.312 e. The highest BCUT2D eigenvalue weighted by Gasteiger charge is 2.38. The molecule has 3 aromatic rings. The molecule has 1 N–H and O–H groups in total. The lowest BCUT2D eigenvalue weighted by molar-refractivity contribution is 0.0507. The maximum Gasteiger partial charge on any atom is 0.160 e. The predicted molar refractivity (Wildman–Crippen MR) is 161 cm³/mol. The van der Waals surface area contributed by atoms with Crippen LogP contribution in [0.25, 0.3) is 11.2 Å². The summed E-state index contributed by atoms with van der Waals surface area (Å²) >= 11 is 0. The molecule has 0 radical (unpaired) electrons. The minimum Gasteiger partial charge on any atom is -0.312 e. The highest BCUT2D eigenvalue weighted by Crippen LogP contribution is 2.38. The molecule has 2 aliphatic rings. The molecule has 0 saturated carbocycles. The van der Waals surface area contributed by atoms with Crippen molar-refractivity contribution in [1.29, 1.82) is 0 Å². The van der Waals surface area contributed by atoms with Gasteiger partial charge in [-0.15, -0.1) is 0 Å². The fourth-order valence-corrected chi connectivity index (χ4v) is 7.18. The number of fused-ring (bicyclic) bond motifs is 1. The fraction of sp³-hybridized carbons (Fsp3) is 0.625. The SMILES string of the molecule is CCC[C@@H](c1nc2cc(CN3CCC(c4ccccc4)(N(C)C)CC3)cnc2n1CC)N1C[C@@H](C)N[C@@H](C)C1. The summed E-state index contributed by atoms with van der Waals surface area (Å²) in [5.74, 6) is 1.19. The summed E-state index contributed by atoms with van der Waals surface area (Å²) in [5, 5.41) is 3.69. The second kappa shape index (κ2) is 12.0. The molecular weight excluding hydrogens is 482 g/mol. The molecule has 3 atom stereocenters. The van der Waals surface area contributed by atoms with Gasteiger partial charge in [0.05, 0.1) is 6.04 Å². The van der Waals surface area contributed by atoms with E-state index < -0.39 is 0 Å². The van der Waals surface area contributed by atoms with Gasteiger partial charge < -0.3 is 9.88 Å². The molecule has 2 fully saturated rings. The van der Waals surface area contributed by atoms with Gasteiger partial charge in [-0.25, -0.2) is 9.97 Å². The van der Waals surface area contributed by atoms with Crippen molar-refractivity contribution in [3.63, 3.8) is 0 Å². The van der Waals surface area contributed by atoms with Gasteiger partial charge in [0.1, 0.15) is 11.3 Å². The lowest BCUT2D eigenvalue weighted by atomic mass is 9.79. The number of aryl methyl sites for hydroxylation is 1. The molecule has 2 aromatic heterocycles. The zero-order valence-electron chi connectivity index (χ0n) is 25.0. The minimum atomic E-state index is 0.113. The van der Waals surface area contributed by atoms with Gasteiger partial charge in [-0.3, -0.25) is 14.7 Å². The number of pyridine rings is 1. The van der Waals surface area contributed by atoms with E-state index in [2.05, 4.69) is 109 Å². The Labute approximate surface area is 235 Å². The van der Waals surface area contributed by atoms with Gasteiger partial charge in [0, 0.05) is 63.1 Å². The van der Waals surface area contributed by atoms with Crippen LogP contribution in [0.4, 0.5) is 0 Å². The number of imidazole rings is 1. The summed E-state index contributed by atoms with van der Waals surface area (Å²) in [6.07, 6.45) is 6.63. The van der Waals surface area contributed by atoms with E-state index in [1.54, 1.807) is 0 Å². The molecule has 0 aliphatic carbocycles. The Morgan fingerprint density at radius 2 is 1.74 bits per heavy atom. The van der Waals surface area contributed by atoms with E-state index >= 15 is 0 Å². The normalized spacial score (nSPS) is 23.5. The lowest BCUT2D eigenvalue weighted by Crippen LogP contribution is -2.55. The standard InChI is InChI=1S/C32H49N7/c1-7-12-29(38-21-24(3)34-25(4)22-38)31-35-28-19-26(20-33-30(28)39(31)8-2)23-37-17-15-32(16-18-37,36(5)6)27-13-10-9-11-14-27/h9-11,13-14,19-20,24-25,29,34H,7-8,12,15-18,21-23H2,1-6H3/t24-,25+,29-/m0/s1. The number of piperidine rings is 1. The first-order valence-electron chi connectivity index (χ1n) is 15.1. The van der Waals surface area contributed by atoms with Crippen molar-refractivity contribution < 1.29 is 0 Å². The number of benzene rings is 1. The minimum absolute atomic E-state index is 0.113. The number of hydrogen-bond donors (Lipinski definition) is 1. The topological polar surface area (TPSA) is 52.5 Å². The predicted octanol–water partition coefficient (Wildman–Crippen LogP) is 5.03. The van der Waals surface area contributed by atoms with Crippen molar-refractivity contribution in [2.75, 3.05) is 40.3 Å². The number of nitrogens with zero attached hydrogens (tertiary/aromatic N) is 6. The Morgan fingerprint density at radius 3 is 2.36 bits per heavy atom. The van der Waals surface area contributed by atoms with Crippen LogP contribution in [-0.2, 0) is 18.6 Å². The molecule has 39 heavy (non-hydrogen) atoms. The Hall–Kier alpha value is -2.32. The maximum absolute atomic E-state index is 5.28. The summed E-state index contributed by atoms with van der Waals surface area (Å²) in [4.78, 5) is 18.0. The molecule has 212 valence electrons. The summed E-state index contributed by atoms with van der Waals surface area (Å²) < 4.78 is 2.36. The molecule has 0 spiro atoms. The molecule has 0 amide bonds. The Balaban J connectivity index is 1.35. The molecule has 7 heteroatoms. The molecule has 0 unspecified atom stereocenters. The summed E-state index contributed by atoms with van der Waals surface area (Å²) in [5.41, 5.74) is 4.89. The number of hydrogen-bond acceptors (Lipinski definition) is 6. The first kappa shape index (κ1) is 28.2. The Kier molecular flexibility index (Phi) is 8.72. The summed E-state index contributed by atoms with van der Waals surface area (Å²) in [6.45, 7) is 15.2. The first-order valence-corrected chi connectivity index (χ1v) is 15.1. The van der Waals surface area contributed by atoms with Gasteiger partial charge in [-0.1, -0.05) is 43.7 Å². The van der Waals surface area contributed by atoms with E-state index in [0.717, 1.165) is 76.1 Å². The fourth-order valence-electron chi connectivity index (χ4n) is 7.18. The second-order valence-electron chi connectivity index (χ2n) is 12.2. The second-order valence-corrected chi connectivity index (χ2v) is 12.2. The van der Waals surface area contributed by atoms with Crippen LogP contribution in [0.2, 0.25) is 0 Å². The van der Waals surface area contributed by atoms with Crippen molar-refractivity contribution in [2.45, 2.75) is 90.1 Å². The van der Waals surface area contributed by atoms with E-state index in [4.69, 9.17) is 9.97 Å². The lowest BCUT2D eigenvalue weighted by Gasteiger charge is -2.46. The van der Waals surface area contributed by atoms with Gasteiger partial charge in [0.15, 0.2) is 5.65 Å². The van der Waals surface area contributed by atoms with Crippen LogP contribution >= 0.6 is 0 Å².